The molecule has 14 heteroatoms. The van der Waals surface area contributed by atoms with Crippen LogP contribution in [0.5, 0.6) is 5.75 Å². The van der Waals surface area contributed by atoms with Crippen molar-refractivity contribution in [1.82, 2.24) is 26.2 Å². The summed E-state index contributed by atoms with van der Waals surface area (Å²) < 4.78 is 5.98. The van der Waals surface area contributed by atoms with E-state index in [2.05, 4.69) is 21.3 Å². The largest absolute Gasteiger partial charge is 0.507 e. The molecule has 3 aromatic rings. The van der Waals surface area contributed by atoms with Crippen LogP contribution in [0.2, 0.25) is 0 Å². The van der Waals surface area contributed by atoms with Crippen molar-refractivity contribution in [3.8, 4) is 16.9 Å². The first-order chi connectivity index (χ1) is 20.5. The maximum atomic E-state index is 13.6. The van der Waals surface area contributed by atoms with Crippen molar-refractivity contribution in [3.63, 3.8) is 0 Å². The zero-order valence-corrected chi connectivity index (χ0v) is 23.6. The second-order valence-electron chi connectivity index (χ2n) is 10.1. The zero-order chi connectivity index (χ0) is 31.3. The molecule has 1 aliphatic rings. The minimum Gasteiger partial charge on any atom is -0.507 e. The Kier molecular flexibility index (Phi) is 9.40. The Morgan fingerprint density at radius 3 is 2.60 bits per heavy atom. The standard InChI is InChI=1S/C29H32N6O8/c1-15(37)11-32-28(41)22-6-16-3-4-23(38)20(5-16)21-9-17(7-18-8-19(10-30)43-27(18)21)26(29(42)33-12-24(39)34-22)35(2)25(40)13-31-14-36/h3-5,7-9,14,22,26,38H,6,10-13,30H2,1-2H3,(H,31,36)(H,32,41)(H,33,42)(H,34,39). The molecule has 1 aromatic heterocycles. The third kappa shape index (κ3) is 6.98. The fourth-order valence-corrected chi connectivity index (χ4v) is 4.85. The molecule has 0 saturated carbocycles. The van der Waals surface area contributed by atoms with E-state index in [4.69, 9.17) is 10.2 Å². The van der Waals surface area contributed by atoms with Crippen LogP contribution in [0.15, 0.2) is 40.8 Å². The molecular weight excluding hydrogens is 560 g/mol. The summed E-state index contributed by atoms with van der Waals surface area (Å²) in [5.41, 5.74) is 7.76. The van der Waals surface area contributed by atoms with Gasteiger partial charge in [-0.25, -0.2) is 0 Å². The van der Waals surface area contributed by atoms with Crippen molar-refractivity contribution < 1.29 is 38.3 Å². The van der Waals surface area contributed by atoms with E-state index in [0.717, 1.165) is 4.90 Å². The topological polar surface area (TPSA) is 213 Å². The van der Waals surface area contributed by atoms with Crippen LogP contribution in [-0.4, -0.2) is 78.6 Å². The number of aromatic hydroxyl groups is 1. The smallest absolute Gasteiger partial charge is 0.247 e. The van der Waals surface area contributed by atoms with E-state index in [-0.39, 0.29) is 37.6 Å². The van der Waals surface area contributed by atoms with E-state index in [1.54, 1.807) is 30.3 Å². The molecule has 43 heavy (non-hydrogen) atoms. The maximum Gasteiger partial charge on any atom is 0.247 e. The third-order valence-electron chi connectivity index (χ3n) is 6.95. The van der Waals surface area contributed by atoms with Crippen LogP contribution in [0.3, 0.4) is 0 Å². The first kappa shape index (κ1) is 30.7. The Morgan fingerprint density at radius 1 is 1.14 bits per heavy atom. The van der Waals surface area contributed by atoms with Gasteiger partial charge in [0.05, 0.1) is 26.2 Å². The quantitative estimate of drug-likeness (QED) is 0.184. The lowest BCUT2D eigenvalue weighted by Gasteiger charge is -2.28. The molecule has 0 aliphatic carbocycles. The van der Waals surface area contributed by atoms with E-state index < -0.39 is 42.3 Å². The average Bonchev–Trinajstić information content (AvgIpc) is 3.41. The second kappa shape index (κ2) is 13.2. The van der Waals surface area contributed by atoms with Crippen LogP contribution in [0.1, 0.15) is 29.9 Å². The highest BCUT2D eigenvalue weighted by Crippen LogP contribution is 2.39. The van der Waals surface area contributed by atoms with Gasteiger partial charge < -0.3 is 41.4 Å². The molecule has 226 valence electrons. The van der Waals surface area contributed by atoms with Crippen LogP contribution in [0.4, 0.5) is 0 Å². The molecule has 2 unspecified atom stereocenters. The SMILES string of the molecule is CC(=O)CNC(=O)C1Cc2ccc(O)c(c2)-c2cc(cc3cc(CN)oc23)C(N(C)C(=O)CNC=O)C(=O)NCC(=O)N1. The molecule has 2 aromatic carbocycles. The van der Waals surface area contributed by atoms with Gasteiger partial charge in [-0.1, -0.05) is 6.07 Å². The van der Waals surface area contributed by atoms with Gasteiger partial charge in [0.25, 0.3) is 0 Å². The molecule has 0 saturated heterocycles. The number of rotatable bonds is 8. The number of nitrogens with two attached hydrogens (primary N) is 1. The fourth-order valence-electron chi connectivity index (χ4n) is 4.85. The summed E-state index contributed by atoms with van der Waals surface area (Å²) in [6, 6.07) is 7.15. The second-order valence-corrected chi connectivity index (χ2v) is 10.1. The van der Waals surface area contributed by atoms with E-state index in [0.29, 0.717) is 45.4 Å². The summed E-state index contributed by atoms with van der Waals surface area (Å²) in [6.45, 7) is 0.221. The van der Waals surface area contributed by atoms with Crippen molar-refractivity contribution >= 4 is 46.8 Å². The summed E-state index contributed by atoms with van der Waals surface area (Å²) in [6.07, 6.45) is 0.349. The van der Waals surface area contributed by atoms with Crippen LogP contribution in [0.25, 0.3) is 22.1 Å². The number of carbonyl (C=O) groups is 6. The first-order valence-corrected chi connectivity index (χ1v) is 13.4. The number of phenolic OH excluding ortho intramolecular Hbond substituents is 1. The number of phenols is 1. The van der Waals surface area contributed by atoms with Gasteiger partial charge >= 0.3 is 0 Å². The van der Waals surface area contributed by atoms with E-state index >= 15 is 0 Å². The molecule has 7 N–H and O–H groups in total. The molecule has 1 aliphatic heterocycles. The van der Waals surface area contributed by atoms with Crippen LogP contribution >= 0.6 is 0 Å². The molecule has 0 spiro atoms. The van der Waals surface area contributed by atoms with Crippen LogP contribution in [0, 0.1) is 0 Å². The van der Waals surface area contributed by atoms with Gasteiger partial charge in [0, 0.05) is 30.0 Å². The Morgan fingerprint density at radius 2 is 1.91 bits per heavy atom. The molecule has 0 radical (unpaired) electrons. The van der Waals surface area contributed by atoms with Gasteiger partial charge in [-0.2, -0.15) is 0 Å². The molecule has 14 nitrogen and oxygen atoms in total. The molecule has 4 bridgehead atoms. The number of nitrogens with one attached hydrogen (secondary N) is 4. The van der Waals surface area contributed by atoms with Gasteiger partial charge in [-0.15, -0.1) is 0 Å². The minimum absolute atomic E-state index is 0.00462. The Bertz CT molecular complexity index is 1600. The van der Waals surface area contributed by atoms with Gasteiger partial charge in [0.2, 0.25) is 30.0 Å². The average molecular weight is 593 g/mol. The van der Waals surface area contributed by atoms with Gasteiger partial charge in [0.15, 0.2) is 0 Å². The highest BCUT2D eigenvalue weighted by molar-refractivity contribution is 5.99. The number of carbonyl (C=O) groups excluding carboxylic acids is 6. The monoisotopic (exact) mass is 592 g/mol. The predicted octanol–water partition coefficient (Wildman–Crippen LogP) is -0.628. The van der Waals surface area contributed by atoms with Crippen molar-refractivity contribution in [3.05, 3.63) is 53.3 Å². The molecule has 2 heterocycles. The number of amides is 5. The predicted molar refractivity (Wildman–Crippen MR) is 153 cm³/mol. The van der Waals surface area contributed by atoms with Crippen molar-refractivity contribution in [2.75, 3.05) is 26.7 Å². The summed E-state index contributed by atoms with van der Waals surface area (Å²) in [5.74, 6) is -2.63. The van der Waals surface area contributed by atoms with Gasteiger partial charge in [0.1, 0.15) is 35.0 Å². The van der Waals surface area contributed by atoms with Gasteiger partial charge in [-0.05, 0) is 48.4 Å². The number of ketones is 1. The van der Waals surface area contributed by atoms with Crippen molar-refractivity contribution in [2.45, 2.75) is 32.0 Å². The Labute approximate surface area is 245 Å². The lowest BCUT2D eigenvalue weighted by atomic mass is 9.93. The number of benzene rings is 2. The van der Waals surface area contributed by atoms with Crippen LogP contribution in [-0.2, 0) is 41.7 Å². The molecule has 0 fully saturated rings. The van der Waals surface area contributed by atoms with E-state index in [1.807, 2.05) is 0 Å². The zero-order valence-electron chi connectivity index (χ0n) is 23.6. The number of likely N-dealkylation sites (N-methyl/N-ethyl adjacent to an activating group) is 1. The van der Waals surface area contributed by atoms with E-state index in [1.165, 1.54) is 20.0 Å². The number of fused-ring (bicyclic) bond motifs is 7. The molecular formula is C29H32N6O8. The summed E-state index contributed by atoms with van der Waals surface area (Å²) in [5, 5.41) is 21.3. The lowest BCUT2D eigenvalue weighted by Crippen LogP contribution is -2.52. The Balaban J connectivity index is 1.91. The normalized spacial score (nSPS) is 16.8. The fraction of sp³-hybridized carbons (Fsp3) is 0.310. The van der Waals surface area contributed by atoms with Crippen molar-refractivity contribution in [2.24, 2.45) is 5.73 Å². The number of furan rings is 1. The van der Waals surface area contributed by atoms with Crippen molar-refractivity contribution in [1.29, 1.82) is 0 Å². The summed E-state index contributed by atoms with van der Waals surface area (Å²) >= 11 is 0. The van der Waals surface area contributed by atoms with Crippen LogP contribution < -0.4 is 27.0 Å². The summed E-state index contributed by atoms with van der Waals surface area (Å²) in [4.78, 5) is 75.8. The Hall–Kier alpha value is -5.24. The van der Waals surface area contributed by atoms with E-state index in [9.17, 15) is 33.9 Å². The number of hydrogen-bond donors (Lipinski definition) is 6. The maximum absolute atomic E-state index is 13.6. The number of nitrogens with zero attached hydrogens (tertiary/aromatic N) is 1. The highest BCUT2D eigenvalue weighted by Gasteiger charge is 2.31. The molecule has 4 rings (SSSR count). The summed E-state index contributed by atoms with van der Waals surface area (Å²) in [7, 11) is 1.38. The van der Waals surface area contributed by atoms with Gasteiger partial charge in [-0.3, -0.25) is 28.8 Å². The lowest BCUT2D eigenvalue weighted by molar-refractivity contribution is -0.139. The number of Topliss-reactive ketones (excluding diaryl/α,β-unsaturated/α-hetero) is 1. The highest BCUT2D eigenvalue weighted by atomic mass is 16.3. The third-order valence-corrected chi connectivity index (χ3v) is 6.95. The minimum atomic E-state index is -1.28. The molecule has 5 amide bonds. The first-order valence-electron chi connectivity index (χ1n) is 13.4. The number of hydrogen-bond acceptors (Lipinski definition) is 9. The molecule has 2 atom stereocenters.